The molecular formula is C21H28N8O3. The molecule has 1 N–H and O–H groups in total. The number of hydrogen-bond acceptors (Lipinski definition) is 7. The van der Waals surface area contributed by atoms with Gasteiger partial charge in [-0.2, -0.15) is 5.10 Å². The van der Waals surface area contributed by atoms with Crippen molar-refractivity contribution in [3.05, 3.63) is 12.5 Å². The molecule has 0 radical (unpaired) electrons. The number of carbonyl (C=O) groups is 3. The summed E-state index contributed by atoms with van der Waals surface area (Å²) in [7, 11) is 1.84. The van der Waals surface area contributed by atoms with Gasteiger partial charge in [-0.3, -0.25) is 19.2 Å². The number of anilines is 1. The molecule has 4 amide bonds. The van der Waals surface area contributed by atoms with Gasteiger partial charge in [0.05, 0.1) is 11.6 Å². The maximum atomic E-state index is 13.1. The number of carbonyl (C=O) groups excluding carboxylic acids is 3. The van der Waals surface area contributed by atoms with Crippen LogP contribution in [0.5, 0.6) is 0 Å². The Morgan fingerprint density at radius 2 is 1.97 bits per heavy atom. The van der Waals surface area contributed by atoms with E-state index in [2.05, 4.69) is 25.3 Å². The molecule has 11 heteroatoms. The van der Waals surface area contributed by atoms with E-state index in [1.807, 2.05) is 14.0 Å². The normalized spacial score (nSPS) is 26.3. The van der Waals surface area contributed by atoms with E-state index < -0.39 is 11.6 Å². The lowest BCUT2D eigenvalue weighted by Gasteiger charge is -2.37. The first-order valence-corrected chi connectivity index (χ1v) is 11.2. The van der Waals surface area contributed by atoms with Crippen molar-refractivity contribution in [2.24, 2.45) is 13.0 Å². The van der Waals surface area contributed by atoms with Crippen molar-refractivity contribution in [1.29, 1.82) is 0 Å². The molecule has 0 bridgehead atoms. The second-order valence-corrected chi connectivity index (χ2v) is 9.01. The third-order valence-electron chi connectivity index (χ3n) is 7.24. The Kier molecular flexibility index (Phi) is 4.98. The van der Waals surface area contributed by atoms with Gasteiger partial charge in [-0.05, 0) is 18.8 Å². The molecule has 2 atom stereocenters. The number of aromatic nitrogens is 4. The summed E-state index contributed by atoms with van der Waals surface area (Å²) in [6.07, 6.45) is 6.80. The van der Waals surface area contributed by atoms with Crippen LogP contribution in [0, 0.1) is 5.92 Å². The summed E-state index contributed by atoms with van der Waals surface area (Å²) in [6.45, 7) is 4.00. The molecule has 2 aromatic rings. The summed E-state index contributed by atoms with van der Waals surface area (Å²) in [5.41, 5.74) is -0.0749. The van der Waals surface area contributed by atoms with E-state index in [4.69, 9.17) is 0 Å². The molecule has 1 spiro atoms. The molecular weight excluding hydrogens is 412 g/mol. The highest BCUT2D eigenvalue weighted by atomic mass is 16.2. The molecule has 3 aliphatic rings. The fourth-order valence-corrected chi connectivity index (χ4v) is 5.24. The predicted molar refractivity (Wildman–Crippen MR) is 116 cm³/mol. The second-order valence-electron chi connectivity index (χ2n) is 9.01. The fourth-order valence-electron chi connectivity index (χ4n) is 5.24. The van der Waals surface area contributed by atoms with Crippen molar-refractivity contribution >= 4 is 34.7 Å². The predicted octanol–water partition coefficient (Wildman–Crippen LogP) is 0.513. The van der Waals surface area contributed by atoms with Gasteiger partial charge >= 0.3 is 6.03 Å². The first kappa shape index (κ1) is 20.7. The molecule has 3 fully saturated rings. The lowest BCUT2D eigenvalue weighted by molar-refractivity contribution is -0.140. The van der Waals surface area contributed by atoms with Crippen LogP contribution in [0.25, 0.3) is 11.0 Å². The van der Waals surface area contributed by atoms with Crippen molar-refractivity contribution < 1.29 is 14.4 Å². The molecule has 4 heterocycles. The van der Waals surface area contributed by atoms with E-state index in [1.165, 1.54) is 6.33 Å². The number of aryl methyl sites for hydroxylation is 1. The Hall–Kier alpha value is -3.24. The van der Waals surface area contributed by atoms with Crippen LogP contribution in [0.4, 0.5) is 10.6 Å². The van der Waals surface area contributed by atoms with Crippen molar-refractivity contribution in [3.8, 4) is 0 Å². The molecule has 0 unspecified atom stereocenters. The van der Waals surface area contributed by atoms with Gasteiger partial charge in [0, 0.05) is 33.2 Å². The van der Waals surface area contributed by atoms with Gasteiger partial charge in [-0.25, -0.2) is 14.8 Å². The van der Waals surface area contributed by atoms with Crippen LogP contribution in [0.3, 0.4) is 0 Å². The molecule has 32 heavy (non-hydrogen) atoms. The van der Waals surface area contributed by atoms with E-state index in [1.54, 1.807) is 15.8 Å². The number of nitrogens with one attached hydrogen (secondary N) is 1. The molecule has 2 saturated heterocycles. The standard InChI is InChI=1S/C21H28N8O3/c1-14-5-3-4-6-21(14)19(31)29(20(32)25-21)12-16(30)27-7-9-28(10-8-27)18-15-11-24-26(2)17(15)22-13-23-18/h11,13-14H,3-10,12H2,1-2H3,(H,25,32)/t14-,21-/m1/s1. The number of urea groups is 1. The summed E-state index contributed by atoms with van der Waals surface area (Å²) in [4.78, 5) is 52.3. The summed E-state index contributed by atoms with van der Waals surface area (Å²) >= 11 is 0. The fraction of sp³-hybridized carbons (Fsp3) is 0.619. The molecule has 1 aliphatic carbocycles. The topological polar surface area (TPSA) is 117 Å². The smallest absolute Gasteiger partial charge is 0.325 e. The Labute approximate surface area is 185 Å². The number of piperazine rings is 1. The van der Waals surface area contributed by atoms with E-state index in [-0.39, 0.29) is 24.3 Å². The Morgan fingerprint density at radius 3 is 2.72 bits per heavy atom. The minimum Gasteiger partial charge on any atom is -0.352 e. The van der Waals surface area contributed by atoms with Crippen molar-refractivity contribution in [2.45, 2.75) is 38.1 Å². The number of imide groups is 1. The Morgan fingerprint density at radius 1 is 1.19 bits per heavy atom. The summed E-state index contributed by atoms with van der Waals surface area (Å²) in [6, 6.07) is -0.448. The molecule has 170 valence electrons. The molecule has 2 aliphatic heterocycles. The number of nitrogens with zero attached hydrogens (tertiary/aromatic N) is 7. The van der Waals surface area contributed by atoms with Gasteiger partial charge in [-0.15, -0.1) is 0 Å². The van der Waals surface area contributed by atoms with Crippen LogP contribution in [-0.4, -0.2) is 85.7 Å². The van der Waals surface area contributed by atoms with Crippen molar-refractivity contribution in [2.75, 3.05) is 37.6 Å². The molecule has 2 aromatic heterocycles. The van der Waals surface area contributed by atoms with Crippen molar-refractivity contribution in [1.82, 2.24) is 34.9 Å². The average Bonchev–Trinajstić information content (AvgIpc) is 3.29. The highest BCUT2D eigenvalue weighted by molar-refractivity contribution is 6.09. The summed E-state index contributed by atoms with van der Waals surface area (Å²) in [5.74, 6) is 0.426. The number of amides is 4. The Bertz CT molecular complexity index is 1080. The third kappa shape index (κ3) is 3.18. The zero-order valence-electron chi connectivity index (χ0n) is 18.5. The molecule has 0 aromatic carbocycles. The number of hydrogen-bond donors (Lipinski definition) is 1. The lowest BCUT2D eigenvalue weighted by Crippen LogP contribution is -2.55. The molecule has 5 rings (SSSR count). The minimum atomic E-state index is -0.837. The minimum absolute atomic E-state index is 0.0773. The zero-order chi connectivity index (χ0) is 22.5. The van der Waals surface area contributed by atoms with Gasteiger partial charge < -0.3 is 15.1 Å². The maximum absolute atomic E-state index is 13.1. The Balaban J connectivity index is 1.23. The summed E-state index contributed by atoms with van der Waals surface area (Å²) in [5, 5.41) is 8.04. The van der Waals surface area contributed by atoms with Crippen LogP contribution in [0.1, 0.15) is 32.6 Å². The van der Waals surface area contributed by atoms with Gasteiger partial charge in [0.15, 0.2) is 5.65 Å². The zero-order valence-corrected chi connectivity index (χ0v) is 18.5. The first-order chi connectivity index (χ1) is 15.4. The number of rotatable bonds is 3. The van der Waals surface area contributed by atoms with E-state index in [9.17, 15) is 14.4 Å². The van der Waals surface area contributed by atoms with E-state index in [0.717, 1.165) is 41.0 Å². The van der Waals surface area contributed by atoms with Crippen LogP contribution in [-0.2, 0) is 16.6 Å². The second kappa shape index (κ2) is 7.72. The summed E-state index contributed by atoms with van der Waals surface area (Å²) < 4.78 is 1.71. The van der Waals surface area contributed by atoms with Crippen molar-refractivity contribution in [3.63, 3.8) is 0 Å². The average molecular weight is 441 g/mol. The SMILES string of the molecule is C[C@@H]1CCCC[C@@]12NC(=O)N(CC(=O)N1CCN(c3ncnc4c3cnn4C)CC1)C2=O. The van der Waals surface area contributed by atoms with Gasteiger partial charge in [0.25, 0.3) is 5.91 Å². The van der Waals surface area contributed by atoms with Gasteiger partial charge in [-0.1, -0.05) is 19.8 Å². The quantitative estimate of drug-likeness (QED) is 0.691. The highest BCUT2D eigenvalue weighted by Crippen LogP contribution is 2.38. The third-order valence-corrected chi connectivity index (χ3v) is 7.24. The van der Waals surface area contributed by atoms with Crippen LogP contribution >= 0.6 is 0 Å². The number of fused-ring (bicyclic) bond motifs is 1. The lowest BCUT2D eigenvalue weighted by atomic mass is 9.73. The van der Waals surface area contributed by atoms with E-state index >= 15 is 0 Å². The largest absolute Gasteiger partial charge is 0.352 e. The van der Waals surface area contributed by atoms with Crippen LogP contribution < -0.4 is 10.2 Å². The maximum Gasteiger partial charge on any atom is 0.325 e. The van der Waals surface area contributed by atoms with E-state index in [0.29, 0.717) is 32.6 Å². The monoisotopic (exact) mass is 440 g/mol. The van der Waals surface area contributed by atoms with Gasteiger partial charge in [0.1, 0.15) is 24.2 Å². The molecule has 1 saturated carbocycles. The van der Waals surface area contributed by atoms with Crippen LogP contribution in [0.15, 0.2) is 12.5 Å². The molecule has 11 nitrogen and oxygen atoms in total. The van der Waals surface area contributed by atoms with Gasteiger partial charge in [0.2, 0.25) is 5.91 Å². The highest BCUT2D eigenvalue weighted by Gasteiger charge is 2.55. The van der Waals surface area contributed by atoms with Crippen LogP contribution in [0.2, 0.25) is 0 Å². The first-order valence-electron chi connectivity index (χ1n) is 11.2.